The average Bonchev–Trinajstić information content (AvgIpc) is 3.00. The maximum Gasteiger partial charge on any atom is 0.262 e. The zero-order chi connectivity index (χ0) is 16.7. The van der Waals surface area contributed by atoms with Crippen molar-refractivity contribution in [2.75, 3.05) is 0 Å². The summed E-state index contributed by atoms with van der Waals surface area (Å²) in [7, 11) is 0. The van der Waals surface area contributed by atoms with Gasteiger partial charge in [-0.05, 0) is 29.8 Å². The first-order valence-corrected chi connectivity index (χ1v) is 8.86. The number of benzene rings is 1. The molecule has 24 heavy (non-hydrogen) atoms. The highest BCUT2D eigenvalue weighted by Gasteiger charge is 2.19. The Morgan fingerprint density at radius 3 is 2.62 bits per heavy atom. The first-order valence-electron chi connectivity index (χ1n) is 7.19. The number of aromatic amines is 1. The molecular formula is C18H11BrN2O2S. The Kier molecular flexibility index (Phi) is 3.70. The molecule has 0 unspecified atom stereocenters. The summed E-state index contributed by atoms with van der Waals surface area (Å²) in [5.74, 6) is -0.0355. The number of nitrogens with zero attached hydrogens (tertiary/aromatic N) is 1. The highest BCUT2D eigenvalue weighted by molar-refractivity contribution is 9.10. The van der Waals surface area contributed by atoms with Gasteiger partial charge in [-0.15, -0.1) is 11.3 Å². The lowest BCUT2D eigenvalue weighted by Gasteiger charge is -2.07. The predicted molar refractivity (Wildman–Crippen MR) is 100 cm³/mol. The lowest BCUT2D eigenvalue weighted by atomic mass is 10.0. The standard InChI is InChI=1S/C18H11BrN2O2S/c19-11-6-4-10(5-7-11)12-9-24-18-14(12)16(22)15(17(23)21-18)13-3-1-2-8-20-13/h1-9H,(H2,21,22,23). The van der Waals surface area contributed by atoms with E-state index in [1.165, 1.54) is 11.3 Å². The molecule has 0 aliphatic rings. The number of thiophene rings is 1. The number of aromatic hydroxyl groups is 1. The monoisotopic (exact) mass is 398 g/mol. The van der Waals surface area contributed by atoms with E-state index in [0.717, 1.165) is 15.6 Å². The molecule has 3 aromatic heterocycles. The minimum absolute atomic E-state index is 0.0355. The molecule has 0 bridgehead atoms. The summed E-state index contributed by atoms with van der Waals surface area (Å²) in [6, 6.07) is 13.1. The average molecular weight is 399 g/mol. The van der Waals surface area contributed by atoms with Crippen molar-refractivity contribution in [1.29, 1.82) is 0 Å². The summed E-state index contributed by atoms with van der Waals surface area (Å²) in [6.07, 6.45) is 1.60. The van der Waals surface area contributed by atoms with E-state index in [0.29, 0.717) is 15.9 Å². The van der Waals surface area contributed by atoms with Crippen LogP contribution in [0.15, 0.2) is 63.3 Å². The Bertz CT molecular complexity index is 1090. The summed E-state index contributed by atoms with van der Waals surface area (Å²) in [5.41, 5.74) is 2.15. The fourth-order valence-electron chi connectivity index (χ4n) is 2.67. The van der Waals surface area contributed by atoms with Crippen molar-refractivity contribution in [3.05, 3.63) is 68.9 Å². The van der Waals surface area contributed by atoms with Gasteiger partial charge in [0.1, 0.15) is 16.1 Å². The van der Waals surface area contributed by atoms with E-state index in [1.807, 2.05) is 29.6 Å². The molecule has 0 spiro atoms. The van der Waals surface area contributed by atoms with Gasteiger partial charge < -0.3 is 10.1 Å². The third-order valence-electron chi connectivity index (χ3n) is 3.80. The molecule has 0 fully saturated rings. The molecule has 4 aromatic rings. The number of halogens is 1. The third-order valence-corrected chi connectivity index (χ3v) is 5.22. The van der Waals surface area contributed by atoms with E-state index in [9.17, 15) is 9.90 Å². The lowest BCUT2D eigenvalue weighted by Crippen LogP contribution is -2.09. The van der Waals surface area contributed by atoms with Crippen LogP contribution in [0.3, 0.4) is 0 Å². The highest BCUT2D eigenvalue weighted by atomic mass is 79.9. The minimum atomic E-state index is -0.345. The second-order valence-corrected chi connectivity index (χ2v) is 7.05. The summed E-state index contributed by atoms with van der Waals surface area (Å²) < 4.78 is 0.984. The number of nitrogens with one attached hydrogen (secondary N) is 1. The molecule has 0 aliphatic heterocycles. The molecule has 4 rings (SSSR count). The van der Waals surface area contributed by atoms with Crippen LogP contribution in [-0.4, -0.2) is 15.1 Å². The van der Waals surface area contributed by atoms with Crippen LogP contribution in [0.25, 0.3) is 32.6 Å². The molecule has 2 N–H and O–H groups in total. The predicted octanol–water partition coefficient (Wildman–Crippen LogP) is 4.79. The summed E-state index contributed by atoms with van der Waals surface area (Å²) in [5, 5.41) is 13.4. The van der Waals surface area contributed by atoms with E-state index in [1.54, 1.807) is 24.4 Å². The molecule has 3 heterocycles. The number of rotatable bonds is 2. The summed E-state index contributed by atoms with van der Waals surface area (Å²) in [6.45, 7) is 0. The number of H-pyrrole nitrogens is 1. The fourth-order valence-corrected chi connectivity index (χ4v) is 3.90. The van der Waals surface area contributed by atoms with Crippen molar-refractivity contribution in [2.24, 2.45) is 0 Å². The molecule has 0 radical (unpaired) electrons. The van der Waals surface area contributed by atoms with Crippen molar-refractivity contribution < 1.29 is 5.11 Å². The summed E-state index contributed by atoms with van der Waals surface area (Å²) in [4.78, 5) is 20.1. The number of aromatic nitrogens is 2. The molecule has 0 aliphatic carbocycles. The largest absolute Gasteiger partial charge is 0.506 e. The van der Waals surface area contributed by atoms with Crippen LogP contribution in [0, 0.1) is 0 Å². The van der Waals surface area contributed by atoms with Gasteiger partial charge in [0.05, 0.1) is 11.1 Å². The fraction of sp³-hybridized carbons (Fsp3) is 0. The van der Waals surface area contributed by atoms with Gasteiger partial charge in [-0.3, -0.25) is 9.78 Å². The van der Waals surface area contributed by atoms with Crippen LogP contribution >= 0.6 is 27.3 Å². The maximum absolute atomic E-state index is 12.4. The van der Waals surface area contributed by atoms with Gasteiger partial charge >= 0.3 is 0 Å². The van der Waals surface area contributed by atoms with E-state index < -0.39 is 0 Å². The minimum Gasteiger partial charge on any atom is -0.506 e. The molecule has 118 valence electrons. The topological polar surface area (TPSA) is 66.0 Å². The van der Waals surface area contributed by atoms with Gasteiger partial charge in [-0.2, -0.15) is 0 Å². The second-order valence-electron chi connectivity index (χ2n) is 5.25. The number of pyridine rings is 2. The van der Waals surface area contributed by atoms with Gasteiger partial charge in [0.2, 0.25) is 0 Å². The maximum atomic E-state index is 12.4. The molecule has 0 atom stereocenters. The Hall–Kier alpha value is -2.44. The van der Waals surface area contributed by atoms with Crippen LogP contribution in [-0.2, 0) is 0 Å². The molecule has 0 amide bonds. The molecular weight excluding hydrogens is 388 g/mol. The van der Waals surface area contributed by atoms with Crippen molar-refractivity contribution >= 4 is 37.5 Å². The first kappa shape index (κ1) is 15.1. The first-order chi connectivity index (χ1) is 11.6. The van der Waals surface area contributed by atoms with Gasteiger partial charge in [-0.25, -0.2) is 0 Å². The van der Waals surface area contributed by atoms with Crippen molar-refractivity contribution in [1.82, 2.24) is 9.97 Å². The van der Waals surface area contributed by atoms with Crippen LogP contribution in [0.5, 0.6) is 5.75 Å². The number of hydrogen-bond donors (Lipinski definition) is 2. The SMILES string of the molecule is O=c1[nH]c2scc(-c3ccc(Br)cc3)c2c(O)c1-c1ccccn1. The quantitative estimate of drug-likeness (QED) is 0.510. The highest BCUT2D eigenvalue weighted by Crippen LogP contribution is 2.41. The Morgan fingerprint density at radius 2 is 1.92 bits per heavy atom. The third kappa shape index (κ3) is 2.44. The van der Waals surface area contributed by atoms with E-state index in [4.69, 9.17) is 0 Å². The molecule has 4 nitrogen and oxygen atoms in total. The zero-order valence-corrected chi connectivity index (χ0v) is 14.7. The van der Waals surface area contributed by atoms with Gasteiger partial charge in [-0.1, -0.05) is 34.1 Å². The van der Waals surface area contributed by atoms with Gasteiger partial charge in [0, 0.05) is 21.6 Å². The lowest BCUT2D eigenvalue weighted by molar-refractivity contribution is 0.482. The second kappa shape index (κ2) is 5.89. The van der Waals surface area contributed by atoms with Crippen LogP contribution < -0.4 is 5.56 Å². The Balaban J connectivity index is 2.02. The van der Waals surface area contributed by atoms with Gasteiger partial charge in [0.15, 0.2) is 0 Å². The van der Waals surface area contributed by atoms with Crippen LogP contribution in [0.4, 0.5) is 0 Å². The van der Waals surface area contributed by atoms with Crippen LogP contribution in [0.1, 0.15) is 0 Å². The van der Waals surface area contributed by atoms with Crippen molar-refractivity contribution in [3.63, 3.8) is 0 Å². The Labute approximate surface area is 149 Å². The molecule has 1 aromatic carbocycles. The number of hydrogen-bond acceptors (Lipinski definition) is 4. The molecule has 6 heteroatoms. The Morgan fingerprint density at radius 1 is 1.12 bits per heavy atom. The van der Waals surface area contributed by atoms with E-state index >= 15 is 0 Å². The summed E-state index contributed by atoms with van der Waals surface area (Å²) >= 11 is 4.82. The van der Waals surface area contributed by atoms with Gasteiger partial charge in [0.25, 0.3) is 5.56 Å². The smallest absolute Gasteiger partial charge is 0.262 e. The zero-order valence-electron chi connectivity index (χ0n) is 12.3. The normalized spacial score (nSPS) is 11.0. The van der Waals surface area contributed by atoms with Crippen LogP contribution in [0.2, 0.25) is 0 Å². The van der Waals surface area contributed by atoms with Crippen molar-refractivity contribution in [3.8, 4) is 28.1 Å². The van der Waals surface area contributed by atoms with Crippen molar-refractivity contribution in [2.45, 2.75) is 0 Å². The molecule has 0 saturated heterocycles. The van der Waals surface area contributed by atoms with E-state index in [-0.39, 0.29) is 16.9 Å². The number of fused-ring (bicyclic) bond motifs is 1. The molecule has 0 saturated carbocycles. The van der Waals surface area contributed by atoms with E-state index in [2.05, 4.69) is 25.9 Å².